The minimum Gasteiger partial charge on any atom is -0.480 e. The molecule has 5 heteroatoms. The Morgan fingerprint density at radius 1 is 1.50 bits per heavy atom. The van der Waals surface area contributed by atoms with Gasteiger partial charge in [0.2, 0.25) is 0 Å². The molecule has 0 saturated carbocycles. The smallest absolute Gasteiger partial charge is 0.323 e. The van der Waals surface area contributed by atoms with Crippen LogP contribution >= 0.6 is 11.8 Å². The van der Waals surface area contributed by atoms with Gasteiger partial charge < -0.3 is 15.2 Å². The number of ether oxygens (including phenoxy) is 1. The molecule has 0 radical (unpaired) electrons. The Morgan fingerprint density at radius 3 is 2.72 bits per heavy atom. The van der Waals surface area contributed by atoms with Crippen molar-refractivity contribution in [3.05, 3.63) is 0 Å². The van der Waals surface area contributed by atoms with Gasteiger partial charge in [0.05, 0.1) is 0 Å². The highest BCUT2D eigenvalue weighted by molar-refractivity contribution is 7.99. The summed E-state index contributed by atoms with van der Waals surface area (Å²) in [5.41, 5.74) is -0.773. The van der Waals surface area contributed by atoms with Crippen LogP contribution in [0.3, 0.4) is 0 Å². The first kappa shape index (κ1) is 15.8. The summed E-state index contributed by atoms with van der Waals surface area (Å²) in [5, 5.41) is 13.0. The number of rotatable bonds is 8. The lowest BCUT2D eigenvalue weighted by atomic mass is 9.96. The first-order chi connectivity index (χ1) is 8.58. The van der Waals surface area contributed by atoms with Gasteiger partial charge >= 0.3 is 5.97 Å². The second kappa shape index (κ2) is 8.02. The van der Waals surface area contributed by atoms with E-state index in [1.165, 1.54) is 0 Å². The standard InChI is InChI=1S/C13H25NO3S/c1-3-14-13(2,12(15)16)7-4-10-18-11-5-8-17-9-6-11/h11,14H,3-10H2,1-2H3,(H,15,16). The van der Waals surface area contributed by atoms with Crippen molar-refractivity contribution in [2.75, 3.05) is 25.5 Å². The van der Waals surface area contributed by atoms with Crippen molar-refractivity contribution in [2.24, 2.45) is 0 Å². The van der Waals surface area contributed by atoms with Crippen LogP contribution in [0.2, 0.25) is 0 Å². The van der Waals surface area contributed by atoms with E-state index in [4.69, 9.17) is 4.74 Å². The fourth-order valence-corrected chi connectivity index (χ4v) is 3.35. The third-order valence-corrected chi connectivity index (χ3v) is 4.85. The second-order valence-corrected chi connectivity index (χ2v) is 6.36. The lowest BCUT2D eigenvalue weighted by Gasteiger charge is -2.26. The molecular weight excluding hydrogens is 250 g/mol. The zero-order chi connectivity index (χ0) is 13.4. The van der Waals surface area contributed by atoms with Crippen molar-refractivity contribution in [2.45, 2.75) is 50.3 Å². The Hall–Kier alpha value is -0.260. The molecule has 0 aliphatic carbocycles. The van der Waals surface area contributed by atoms with Crippen molar-refractivity contribution in [3.8, 4) is 0 Å². The highest BCUT2D eigenvalue weighted by Gasteiger charge is 2.31. The summed E-state index contributed by atoms with van der Waals surface area (Å²) < 4.78 is 5.32. The normalized spacial score (nSPS) is 20.6. The SMILES string of the molecule is CCNC(C)(CCCSC1CCOCC1)C(=O)O. The Labute approximate surface area is 114 Å². The largest absolute Gasteiger partial charge is 0.480 e. The number of carboxylic acid groups (broad SMARTS) is 1. The predicted octanol–water partition coefficient (Wildman–Crippen LogP) is 2.13. The second-order valence-electron chi connectivity index (χ2n) is 4.95. The van der Waals surface area contributed by atoms with Gasteiger partial charge in [-0.2, -0.15) is 11.8 Å². The predicted molar refractivity (Wildman–Crippen MR) is 75.3 cm³/mol. The molecule has 1 aliphatic rings. The molecule has 106 valence electrons. The van der Waals surface area contributed by atoms with Crippen molar-refractivity contribution < 1.29 is 14.6 Å². The first-order valence-corrected chi connectivity index (χ1v) is 7.81. The van der Waals surface area contributed by atoms with Crippen molar-refractivity contribution in [1.82, 2.24) is 5.32 Å². The molecule has 0 aromatic heterocycles. The molecule has 4 nitrogen and oxygen atoms in total. The quantitative estimate of drug-likeness (QED) is 0.665. The topological polar surface area (TPSA) is 58.6 Å². The lowest BCUT2D eigenvalue weighted by Crippen LogP contribution is -2.49. The van der Waals surface area contributed by atoms with Gasteiger partial charge in [-0.25, -0.2) is 0 Å². The highest BCUT2D eigenvalue weighted by atomic mass is 32.2. The van der Waals surface area contributed by atoms with Crippen LogP contribution in [0.15, 0.2) is 0 Å². The highest BCUT2D eigenvalue weighted by Crippen LogP contribution is 2.24. The number of thioether (sulfide) groups is 1. The van der Waals surface area contributed by atoms with Crippen LogP contribution in [-0.4, -0.2) is 47.4 Å². The number of carboxylic acids is 1. The number of hydrogen-bond acceptors (Lipinski definition) is 4. The van der Waals surface area contributed by atoms with Crippen molar-refractivity contribution in [1.29, 1.82) is 0 Å². The number of carbonyl (C=O) groups is 1. The van der Waals surface area contributed by atoms with E-state index in [0.717, 1.165) is 38.2 Å². The fourth-order valence-electron chi connectivity index (χ4n) is 2.18. The summed E-state index contributed by atoms with van der Waals surface area (Å²) in [4.78, 5) is 11.2. The number of nitrogens with one attached hydrogen (secondary N) is 1. The molecule has 1 aliphatic heterocycles. The third kappa shape index (κ3) is 5.16. The molecular formula is C13H25NO3S. The van der Waals surface area contributed by atoms with E-state index in [2.05, 4.69) is 5.32 Å². The minimum absolute atomic E-state index is 0.687. The van der Waals surface area contributed by atoms with Gasteiger partial charge in [-0.05, 0) is 44.9 Å². The van der Waals surface area contributed by atoms with Crippen LogP contribution < -0.4 is 5.32 Å². The monoisotopic (exact) mass is 275 g/mol. The molecule has 1 atom stereocenters. The van der Waals surface area contributed by atoms with E-state index < -0.39 is 11.5 Å². The maximum atomic E-state index is 11.2. The maximum Gasteiger partial charge on any atom is 0.323 e. The summed E-state index contributed by atoms with van der Waals surface area (Å²) in [6, 6.07) is 0. The van der Waals surface area contributed by atoms with E-state index in [9.17, 15) is 9.90 Å². The first-order valence-electron chi connectivity index (χ1n) is 6.76. The zero-order valence-electron chi connectivity index (χ0n) is 11.4. The molecule has 18 heavy (non-hydrogen) atoms. The van der Waals surface area contributed by atoms with E-state index in [1.807, 2.05) is 18.7 Å². The van der Waals surface area contributed by atoms with E-state index >= 15 is 0 Å². The fraction of sp³-hybridized carbons (Fsp3) is 0.923. The van der Waals surface area contributed by atoms with Gasteiger partial charge in [0.1, 0.15) is 5.54 Å². The molecule has 2 N–H and O–H groups in total. The molecule has 1 heterocycles. The number of hydrogen-bond donors (Lipinski definition) is 2. The van der Waals surface area contributed by atoms with Gasteiger partial charge in [0.15, 0.2) is 0 Å². The summed E-state index contributed by atoms with van der Waals surface area (Å²) in [7, 11) is 0. The number of likely N-dealkylation sites (N-methyl/N-ethyl adjacent to an activating group) is 1. The molecule has 0 aromatic carbocycles. The van der Waals surface area contributed by atoms with Crippen LogP contribution in [0.25, 0.3) is 0 Å². The Morgan fingerprint density at radius 2 is 2.17 bits per heavy atom. The van der Waals surface area contributed by atoms with Gasteiger partial charge in [0, 0.05) is 18.5 Å². The molecule has 0 bridgehead atoms. The molecule has 0 spiro atoms. The maximum absolute atomic E-state index is 11.2. The lowest BCUT2D eigenvalue weighted by molar-refractivity contribution is -0.144. The van der Waals surface area contributed by atoms with Gasteiger partial charge in [-0.15, -0.1) is 0 Å². The average Bonchev–Trinajstić information content (AvgIpc) is 2.36. The van der Waals surface area contributed by atoms with Crippen LogP contribution in [0, 0.1) is 0 Å². The zero-order valence-corrected chi connectivity index (χ0v) is 12.2. The molecule has 1 unspecified atom stereocenters. The van der Waals surface area contributed by atoms with Gasteiger partial charge in [0.25, 0.3) is 0 Å². The van der Waals surface area contributed by atoms with Gasteiger partial charge in [-0.1, -0.05) is 6.92 Å². The van der Waals surface area contributed by atoms with Gasteiger partial charge in [-0.3, -0.25) is 4.79 Å². The molecule has 0 amide bonds. The molecule has 1 saturated heterocycles. The summed E-state index contributed by atoms with van der Waals surface area (Å²) in [5.74, 6) is 0.291. The Bertz CT molecular complexity index is 257. The van der Waals surface area contributed by atoms with Crippen LogP contribution in [0.1, 0.15) is 39.5 Å². The van der Waals surface area contributed by atoms with Crippen molar-refractivity contribution in [3.63, 3.8) is 0 Å². The van der Waals surface area contributed by atoms with Crippen LogP contribution in [0.5, 0.6) is 0 Å². The Balaban J connectivity index is 2.20. The van der Waals surface area contributed by atoms with E-state index in [1.54, 1.807) is 6.92 Å². The van der Waals surface area contributed by atoms with Crippen LogP contribution in [0.4, 0.5) is 0 Å². The summed E-state index contributed by atoms with van der Waals surface area (Å²) >= 11 is 1.97. The average molecular weight is 275 g/mol. The third-order valence-electron chi connectivity index (χ3n) is 3.38. The van der Waals surface area contributed by atoms with Crippen LogP contribution in [-0.2, 0) is 9.53 Å². The summed E-state index contributed by atoms with van der Waals surface area (Å²) in [6.45, 7) is 6.16. The van der Waals surface area contributed by atoms with E-state index in [-0.39, 0.29) is 0 Å². The Kier molecular flexibility index (Phi) is 7.04. The summed E-state index contributed by atoms with van der Waals surface area (Å²) in [6.07, 6.45) is 3.90. The van der Waals surface area contributed by atoms with E-state index in [0.29, 0.717) is 18.2 Å². The molecule has 1 fully saturated rings. The molecule has 0 aromatic rings. The van der Waals surface area contributed by atoms with Crippen molar-refractivity contribution >= 4 is 17.7 Å². The molecule has 1 rings (SSSR count). The number of aliphatic carboxylic acids is 1. The minimum atomic E-state index is -0.773.